The fraction of sp³-hybridized carbons (Fsp3) is 0.529. The first-order valence-corrected chi connectivity index (χ1v) is 7.91. The van der Waals surface area contributed by atoms with E-state index in [1.807, 2.05) is 20.8 Å². The van der Waals surface area contributed by atoms with Crippen LogP contribution in [0.15, 0.2) is 23.2 Å². The lowest BCUT2D eigenvalue weighted by atomic mass is 10.0. The van der Waals surface area contributed by atoms with Gasteiger partial charge in [-0.3, -0.25) is 0 Å². The van der Waals surface area contributed by atoms with Crippen LogP contribution in [0.3, 0.4) is 0 Å². The van der Waals surface area contributed by atoms with Crippen molar-refractivity contribution in [3.63, 3.8) is 0 Å². The molecule has 1 fully saturated rings. The third-order valence-electron chi connectivity index (χ3n) is 3.65. The lowest BCUT2D eigenvalue weighted by Gasteiger charge is -2.34. The molecule has 0 radical (unpaired) electrons. The molecule has 130 valence electrons. The van der Waals surface area contributed by atoms with E-state index < -0.39 is 11.4 Å². The number of anilines is 1. The number of halogens is 1. The number of amides is 1. The van der Waals surface area contributed by atoms with Crippen LogP contribution in [0.5, 0.6) is 0 Å². The number of carbonyl (C=O) groups is 1. The van der Waals surface area contributed by atoms with Gasteiger partial charge in [-0.25, -0.2) is 14.0 Å². The lowest BCUT2D eigenvalue weighted by Crippen LogP contribution is -2.44. The highest BCUT2D eigenvalue weighted by atomic mass is 19.1. The second kappa shape index (κ2) is 7.45. The minimum atomic E-state index is -0.574. The molecule has 0 unspecified atom stereocenters. The minimum absolute atomic E-state index is 0.0397. The van der Waals surface area contributed by atoms with Crippen molar-refractivity contribution in [2.24, 2.45) is 4.99 Å². The largest absolute Gasteiger partial charge is 0.444 e. The molecular formula is C17H22FN3O3. The lowest BCUT2D eigenvalue weighted by molar-refractivity contribution is 0.0210. The van der Waals surface area contributed by atoms with Gasteiger partial charge in [0.15, 0.2) is 5.82 Å². The Morgan fingerprint density at radius 3 is 2.62 bits per heavy atom. The van der Waals surface area contributed by atoms with E-state index in [4.69, 9.17) is 4.74 Å². The topological polar surface area (TPSA) is 71.0 Å². The van der Waals surface area contributed by atoms with E-state index in [9.17, 15) is 14.0 Å². The number of hydrogen-bond donors (Lipinski definition) is 1. The average molecular weight is 335 g/mol. The van der Waals surface area contributed by atoms with Crippen molar-refractivity contribution in [2.45, 2.75) is 45.3 Å². The van der Waals surface area contributed by atoms with Gasteiger partial charge in [0.05, 0.1) is 5.69 Å². The van der Waals surface area contributed by atoms with Gasteiger partial charge in [0.25, 0.3) is 0 Å². The number of carbonyl (C=O) groups excluding carboxylic acids is 2. The summed E-state index contributed by atoms with van der Waals surface area (Å²) in [5.41, 5.74) is -0.105. The molecule has 0 aromatic heterocycles. The van der Waals surface area contributed by atoms with Crippen molar-refractivity contribution in [1.29, 1.82) is 0 Å². The summed E-state index contributed by atoms with van der Waals surface area (Å²) in [6.07, 6.45) is 2.44. The molecule has 0 bridgehead atoms. The van der Waals surface area contributed by atoms with E-state index in [0.29, 0.717) is 31.6 Å². The van der Waals surface area contributed by atoms with Crippen LogP contribution in [0.4, 0.5) is 20.6 Å². The molecule has 0 spiro atoms. The molecule has 7 heteroatoms. The summed E-state index contributed by atoms with van der Waals surface area (Å²) in [5.74, 6) is -0.574. The highest BCUT2D eigenvalue weighted by Crippen LogP contribution is 2.29. The van der Waals surface area contributed by atoms with Crippen LogP contribution in [0.2, 0.25) is 0 Å². The minimum Gasteiger partial charge on any atom is -0.444 e. The molecule has 1 N–H and O–H groups in total. The van der Waals surface area contributed by atoms with E-state index in [2.05, 4.69) is 10.3 Å². The number of piperidine rings is 1. The number of rotatable bonds is 3. The first kappa shape index (κ1) is 17.9. The first-order valence-electron chi connectivity index (χ1n) is 7.91. The third-order valence-corrected chi connectivity index (χ3v) is 3.65. The maximum atomic E-state index is 13.7. The number of isocyanates is 1. The quantitative estimate of drug-likeness (QED) is 0.677. The molecule has 1 saturated heterocycles. The van der Waals surface area contributed by atoms with Gasteiger partial charge < -0.3 is 15.0 Å². The summed E-state index contributed by atoms with van der Waals surface area (Å²) in [6.45, 7) is 6.59. The number of likely N-dealkylation sites (tertiary alicyclic amines) is 1. The van der Waals surface area contributed by atoms with Crippen LogP contribution in [0.25, 0.3) is 0 Å². The number of para-hydroxylation sites is 1. The van der Waals surface area contributed by atoms with E-state index in [1.165, 1.54) is 12.1 Å². The van der Waals surface area contributed by atoms with Gasteiger partial charge in [-0.15, -0.1) is 0 Å². The molecule has 0 saturated carbocycles. The Hall–Kier alpha value is -2.40. The van der Waals surface area contributed by atoms with Crippen LogP contribution in [0.1, 0.15) is 33.6 Å². The van der Waals surface area contributed by atoms with Crippen molar-refractivity contribution in [3.05, 3.63) is 24.0 Å². The molecule has 6 nitrogen and oxygen atoms in total. The smallest absolute Gasteiger partial charge is 0.410 e. The molecule has 1 aliphatic rings. The Morgan fingerprint density at radius 1 is 1.38 bits per heavy atom. The Balaban J connectivity index is 1.96. The van der Waals surface area contributed by atoms with Gasteiger partial charge >= 0.3 is 6.09 Å². The molecular weight excluding hydrogens is 313 g/mol. The van der Waals surface area contributed by atoms with Gasteiger partial charge in [-0.05, 0) is 45.7 Å². The van der Waals surface area contributed by atoms with Crippen LogP contribution in [-0.4, -0.2) is 41.8 Å². The SMILES string of the molecule is CC(C)(C)OC(=O)N1CCC(Nc2cccc(F)c2N=C=O)CC1. The number of aliphatic imine (C=N–C) groups is 1. The van der Waals surface area contributed by atoms with Crippen molar-refractivity contribution in [3.8, 4) is 0 Å². The Kier molecular flexibility index (Phi) is 5.57. The van der Waals surface area contributed by atoms with Crippen LogP contribution in [0, 0.1) is 5.82 Å². The summed E-state index contributed by atoms with van der Waals surface area (Å²) >= 11 is 0. The molecule has 2 rings (SSSR count). The molecule has 1 aliphatic heterocycles. The standard InChI is InChI=1S/C17H22FN3O3/c1-17(2,3)24-16(23)21-9-7-12(8-10-21)20-14-6-4-5-13(18)15(14)19-11-22/h4-6,12,20H,7-10H2,1-3H3. The number of ether oxygens (including phenoxy) is 1. The zero-order valence-electron chi connectivity index (χ0n) is 14.1. The zero-order valence-corrected chi connectivity index (χ0v) is 14.1. The Labute approximate surface area is 140 Å². The molecule has 1 heterocycles. The van der Waals surface area contributed by atoms with Gasteiger partial charge in [-0.2, -0.15) is 4.99 Å². The summed E-state index contributed by atoms with van der Waals surface area (Å²) in [7, 11) is 0. The zero-order chi connectivity index (χ0) is 17.7. The number of hydrogen-bond acceptors (Lipinski definition) is 5. The van der Waals surface area contributed by atoms with Crippen molar-refractivity contribution in [1.82, 2.24) is 4.90 Å². The van der Waals surface area contributed by atoms with E-state index in [1.54, 1.807) is 17.0 Å². The highest BCUT2D eigenvalue weighted by molar-refractivity contribution is 5.70. The predicted octanol–water partition coefficient (Wildman–Crippen LogP) is 3.60. The normalized spacial score (nSPS) is 15.6. The Morgan fingerprint density at radius 2 is 2.04 bits per heavy atom. The molecule has 1 amide bonds. The van der Waals surface area contributed by atoms with Gasteiger partial charge in [0.2, 0.25) is 6.08 Å². The number of nitrogens with zero attached hydrogens (tertiary/aromatic N) is 2. The van der Waals surface area contributed by atoms with Gasteiger partial charge in [0.1, 0.15) is 11.3 Å². The highest BCUT2D eigenvalue weighted by Gasteiger charge is 2.27. The number of nitrogens with one attached hydrogen (secondary N) is 1. The van der Waals surface area contributed by atoms with Crippen LogP contribution >= 0.6 is 0 Å². The molecule has 0 aliphatic carbocycles. The monoisotopic (exact) mass is 335 g/mol. The van der Waals surface area contributed by atoms with Gasteiger partial charge in [0, 0.05) is 19.1 Å². The second-order valence-corrected chi connectivity index (χ2v) is 6.73. The summed E-state index contributed by atoms with van der Waals surface area (Å²) in [4.78, 5) is 27.6. The summed E-state index contributed by atoms with van der Waals surface area (Å²) in [6, 6.07) is 4.52. The van der Waals surface area contributed by atoms with Crippen LogP contribution in [-0.2, 0) is 9.53 Å². The van der Waals surface area contributed by atoms with Crippen LogP contribution < -0.4 is 5.32 Å². The average Bonchev–Trinajstić information content (AvgIpc) is 2.50. The molecule has 0 atom stereocenters. The van der Waals surface area contributed by atoms with Gasteiger partial charge in [-0.1, -0.05) is 6.07 Å². The Bertz CT molecular complexity index is 643. The predicted molar refractivity (Wildman–Crippen MR) is 88.6 cm³/mol. The van der Waals surface area contributed by atoms with Crippen molar-refractivity contribution < 1.29 is 18.7 Å². The first-order chi connectivity index (χ1) is 11.3. The maximum absolute atomic E-state index is 13.7. The van der Waals surface area contributed by atoms with E-state index in [0.717, 1.165) is 0 Å². The van der Waals surface area contributed by atoms with Crippen molar-refractivity contribution in [2.75, 3.05) is 18.4 Å². The summed E-state index contributed by atoms with van der Waals surface area (Å²) in [5, 5.41) is 3.19. The number of benzene rings is 1. The van der Waals surface area contributed by atoms with E-state index >= 15 is 0 Å². The fourth-order valence-electron chi connectivity index (χ4n) is 2.54. The molecule has 1 aromatic rings. The molecule has 24 heavy (non-hydrogen) atoms. The third kappa shape index (κ3) is 4.80. The second-order valence-electron chi connectivity index (χ2n) is 6.73. The maximum Gasteiger partial charge on any atom is 0.410 e. The summed E-state index contributed by atoms with van der Waals surface area (Å²) < 4.78 is 19.1. The molecule has 1 aromatic carbocycles. The van der Waals surface area contributed by atoms with Crippen molar-refractivity contribution >= 4 is 23.5 Å². The van der Waals surface area contributed by atoms with E-state index in [-0.39, 0.29) is 17.8 Å². The fourth-order valence-corrected chi connectivity index (χ4v) is 2.54.